The fourth-order valence-corrected chi connectivity index (χ4v) is 0.761. The van der Waals surface area contributed by atoms with E-state index >= 15 is 0 Å². The minimum absolute atomic E-state index is 0.00810. The molecule has 6 heteroatoms. The van der Waals surface area contributed by atoms with Crippen molar-refractivity contribution in [2.45, 2.75) is 5.79 Å². The van der Waals surface area contributed by atoms with Crippen LogP contribution in [0.15, 0.2) is 0 Å². The summed E-state index contributed by atoms with van der Waals surface area (Å²) in [6.45, 7) is -0.00810. The summed E-state index contributed by atoms with van der Waals surface area (Å²) in [5.41, 5.74) is 0. The van der Waals surface area contributed by atoms with Gasteiger partial charge in [-0.05, 0) is 21.1 Å². The van der Waals surface area contributed by atoms with E-state index in [1.165, 1.54) is 0 Å². The first kappa shape index (κ1) is 11.2. The summed E-state index contributed by atoms with van der Waals surface area (Å²) in [6.07, 6.45) is -1.29. The molecular weight excluding hydrogens is 162 g/mol. The fraction of sp³-hybridized carbons (Fsp3) is 0.833. The predicted octanol–water partition coefficient (Wildman–Crippen LogP) is -1.01. The lowest BCUT2D eigenvalue weighted by Crippen LogP contribution is -2.66. The van der Waals surface area contributed by atoms with Crippen LogP contribution in [0, 0.1) is 0 Å². The van der Waals surface area contributed by atoms with Crippen molar-refractivity contribution in [3.63, 3.8) is 0 Å². The van der Waals surface area contributed by atoms with Crippen LogP contribution >= 0.6 is 0 Å². The third-order valence-corrected chi connectivity index (χ3v) is 1.69. The minimum Gasteiger partial charge on any atom is -0.450 e. The molecule has 0 aromatic heterocycles. The zero-order valence-electron chi connectivity index (χ0n) is 7.47. The molecule has 0 aliphatic rings. The Hall–Kier alpha value is -0.850. The van der Waals surface area contributed by atoms with Crippen molar-refractivity contribution in [1.82, 2.24) is 16.0 Å². The molecule has 0 atom stereocenters. The van der Waals surface area contributed by atoms with Crippen molar-refractivity contribution in [3.8, 4) is 0 Å². The monoisotopic (exact) mass is 177 g/mol. The van der Waals surface area contributed by atoms with E-state index in [9.17, 15) is 4.79 Å². The van der Waals surface area contributed by atoms with Gasteiger partial charge in [0.15, 0.2) is 5.79 Å². The summed E-state index contributed by atoms with van der Waals surface area (Å²) in [5.74, 6) is -0.696. The Morgan fingerprint density at radius 2 is 1.75 bits per heavy atom. The van der Waals surface area contributed by atoms with Crippen molar-refractivity contribution < 1.29 is 14.6 Å². The molecule has 0 aliphatic heterocycles. The normalized spacial score (nSPS) is 11.2. The van der Waals surface area contributed by atoms with Crippen LogP contribution in [0.3, 0.4) is 0 Å². The van der Waals surface area contributed by atoms with Gasteiger partial charge in [0.05, 0.1) is 0 Å². The maximum atomic E-state index is 10.1. The topological polar surface area (TPSA) is 82.6 Å². The Bertz CT molecular complexity index is 139. The average Bonchev–Trinajstić information content (AvgIpc) is 2.08. The van der Waals surface area contributed by atoms with E-state index in [1.807, 2.05) is 0 Å². The highest BCUT2D eigenvalue weighted by molar-refractivity contribution is 5.56. The second kappa shape index (κ2) is 4.91. The Morgan fingerprint density at radius 1 is 1.33 bits per heavy atom. The third kappa shape index (κ3) is 3.04. The highest BCUT2D eigenvalue weighted by Gasteiger charge is 2.25. The number of likely N-dealkylation sites (N-methyl/N-ethyl adjacent to an activating group) is 3. The molecule has 0 rings (SSSR count). The van der Waals surface area contributed by atoms with Crippen molar-refractivity contribution in [2.75, 3.05) is 27.7 Å². The summed E-state index contributed by atoms with van der Waals surface area (Å²) in [6, 6.07) is 0. The Balaban J connectivity index is 4.01. The van der Waals surface area contributed by atoms with Crippen LogP contribution in [-0.2, 0) is 4.74 Å². The lowest BCUT2D eigenvalue weighted by Gasteiger charge is -2.31. The Morgan fingerprint density at radius 3 is 2.00 bits per heavy atom. The lowest BCUT2D eigenvalue weighted by atomic mass is 10.3. The maximum absolute atomic E-state index is 10.1. The minimum atomic E-state index is -1.29. The van der Waals surface area contributed by atoms with E-state index in [0.717, 1.165) is 0 Å². The predicted molar refractivity (Wildman–Crippen MR) is 43.9 cm³/mol. The van der Waals surface area contributed by atoms with E-state index in [4.69, 9.17) is 5.11 Å². The molecule has 0 aromatic rings. The SMILES string of the molecule is CNC(COC(=O)O)(NC)NC. The van der Waals surface area contributed by atoms with Crippen LogP contribution in [0.4, 0.5) is 4.79 Å². The van der Waals surface area contributed by atoms with Crippen LogP contribution in [0.5, 0.6) is 0 Å². The second-order valence-electron chi connectivity index (χ2n) is 2.21. The van der Waals surface area contributed by atoms with Crippen LogP contribution in [0.2, 0.25) is 0 Å². The van der Waals surface area contributed by atoms with Crippen LogP contribution in [0.1, 0.15) is 0 Å². The largest absolute Gasteiger partial charge is 0.505 e. The van der Waals surface area contributed by atoms with E-state index in [2.05, 4.69) is 20.7 Å². The molecule has 4 N–H and O–H groups in total. The van der Waals surface area contributed by atoms with Gasteiger partial charge >= 0.3 is 6.16 Å². The van der Waals surface area contributed by atoms with Gasteiger partial charge in [0.2, 0.25) is 0 Å². The smallest absolute Gasteiger partial charge is 0.450 e. The van der Waals surface area contributed by atoms with Crippen molar-refractivity contribution in [1.29, 1.82) is 0 Å². The molecule has 0 spiro atoms. The molecule has 12 heavy (non-hydrogen) atoms. The summed E-state index contributed by atoms with van der Waals surface area (Å²) in [7, 11) is 5.08. The summed E-state index contributed by atoms with van der Waals surface area (Å²) in [4.78, 5) is 10.1. The molecule has 0 aliphatic carbocycles. The van der Waals surface area contributed by atoms with Gasteiger partial charge in [0.25, 0.3) is 0 Å². The zero-order valence-corrected chi connectivity index (χ0v) is 7.47. The van der Waals surface area contributed by atoms with Gasteiger partial charge in [-0.15, -0.1) is 0 Å². The number of carboxylic acid groups (broad SMARTS) is 1. The molecule has 0 saturated heterocycles. The van der Waals surface area contributed by atoms with Gasteiger partial charge in [0.1, 0.15) is 6.61 Å². The third-order valence-electron chi connectivity index (χ3n) is 1.69. The molecule has 0 unspecified atom stereocenters. The van der Waals surface area contributed by atoms with Gasteiger partial charge in [-0.2, -0.15) is 0 Å². The number of carbonyl (C=O) groups is 1. The second-order valence-corrected chi connectivity index (χ2v) is 2.21. The van der Waals surface area contributed by atoms with Gasteiger partial charge in [-0.25, -0.2) is 4.79 Å². The molecule has 0 amide bonds. The van der Waals surface area contributed by atoms with Gasteiger partial charge in [-0.1, -0.05) is 0 Å². The number of hydrogen-bond donors (Lipinski definition) is 4. The molecule has 0 fully saturated rings. The van der Waals surface area contributed by atoms with Crippen molar-refractivity contribution >= 4 is 6.16 Å². The Labute approximate surface area is 71.3 Å². The quantitative estimate of drug-likeness (QED) is 0.318. The molecule has 0 bridgehead atoms. The van der Waals surface area contributed by atoms with E-state index in [-0.39, 0.29) is 6.61 Å². The number of ether oxygens (including phenoxy) is 1. The van der Waals surface area contributed by atoms with Gasteiger partial charge in [0, 0.05) is 0 Å². The number of hydrogen-bond acceptors (Lipinski definition) is 5. The highest BCUT2D eigenvalue weighted by Crippen LogP contribution is 1.93. The van der Waals surface area contributed by atoms with Crippen molar-refractivity contribution in [3.05, 3.63) is 0 Å². The highest BCUT2D eigenvalue weighted by atomic mass is 16.7. The number of nitrogens with one attached hydrogen (secondary N) is 3. The van der Waals surface area contributed by atoms with E-state index in [0.29, 0.717) is 0 Å². The van der Waals surface area contributed by atoms with E-state index < -0.39 is 11.9 Å². The molecule has 0 aromatic carbocycles. The lowest BCUT2D eigenvalue weighted by molar-refractivity contribution is 0.0456. The van der Waals surface area contributed by atoms with Gasteiger partial charge in [-0.3, -0.25) is 16.0 Å². The molecule has 0 heterocycles. The Kier molecular flexibility index (Phi) is 4.57. The van der Waals surface area contributed by atoms with Crippen LogP contribution in [-0.4, -0.2) is 44.8 Å². The standard InChI is InChI=1S/C6H15N3O3/c1-7-6(8-2,9-3)4-12-5(10)11/h7-9H,4H2,1-3H3,(H,10,11). The molecule has 6 nitrogen and oxygen atoms in total. The first-order valence-corrected chi connectivity index (χ1v) is 3.52. The summed E-state index contributed by atoms with van der Waals surface area (Å²) < 4.78 is 4.41. The molecule has 0 radical (unpaired) electrons. The van der Waals surface area contributed by atoms with Crippen molar-refractivity contribution in [2.24, 2.45) is 0 Å². The fourth-order valence-electron chi connectivity index (χ4n) is 0.761. The van der Waals surface area contributed by atoms with E-state index in [1.54, 1.807) is 21.1 Å². The first-order chi connectivity index (χ1) is 5.60. The number of rotatable bonds is 5. The molecule has 72 valence electrons. The molecular formula is C6H15N3O3. The van der Waals surface area contributed by atoms with Crippen LogP contribution in [0.25, 0.3) is 0 Å². The maximum Gasteiger partial charge on any atom is 0.505 e. The average molecular weight is 177 g/mol. The molecule has 0 saturated carbocycles. The van der Waals surface area contributed by atoms with Crippen LogP contribution < -0.4 is 16.0 Å². The van der Waals surface area contributed by atoms with Gasteiger partial charge < -0.3 is 9.84 Å². The summed E-state index contributed by atoms with van der Waals surface area (Å²) >= 11 is 0. The summed E-state index contributed by atoms with van der Waals surface area (Å²) in [5, 5.41) is 16.8. The zero-order chi connectivity index (χ0) is 9.61. The first-order valence-electron chi connectivity index (χ1n) is 3.52.